The predicted octanol–water partition coefficient (Wildman–Crippen LogP) is 0.759. The van der Waals surface area contributed by atoms with Crippen LogP contribution in [0.15, 0.2) is 16.5 Å². The van der Waals surface area contributed by atoms with Gasteiger partial charge in [-0.1, -0.05) is 0 Å². The summed E-state index contributed by atoms with van der Waals surface area (Å²) in [4.78, 5) is 13.9. The number of aromatic nitrogens is 1. The number of thiazole rings is 1. The molecule has 0 fully saturated rings. The summed E-state index contributed by atoms with van der Waals surface area (Å²) in [5.41, 5.74) is 0.0331. The van der Waals surface area contributed by atoms with E-state index in [1.54, 1.807) is 0 Å². The van der Waals surface area contributed by atoms with Crippen LogP contribution < -0.4 is 5.11 Å². The molecule has 1 rings (SSSR count). The smallest absolute Gasteiger partial charge is 0.266 e. The molecule has 1 heterocycles. The highest BCUT2D eigenvalue weighted by molar-refractivity contribution is 7.93. The van der Waals surface area contributed by atoms with Crippen LogP contribution in [-0.2, 0) is 9.84 Å². The van der Waals surface area contributed by atoms with E-state index in [1.165, 1.54) is 6.92 Å². The Morgan fingerprint density at radius 1 is 1.50 bits per heavy atom. The molecule has 0 bridgehead atoms. The Morgan fingerprint density at radius 3 is 2.56 bits per heavy atom. The average Bonchev–Trinajstić information content (AvgIpc) is 2.60. The maximum absolute atomic E-state index is 11.8. The Balaban J connectivity index is 2.96. The third-order valence-electron chi connectivity index (χ3n) is 1.91. The van der Waals surface area contributed by atoms with Crippen LogP contribution >= 0.6 is 11.3 Å². The molecule has 100 valence electrons. The molecule has 5 nitrogen and oxygen atoms in total. The summed E-state index contributed by atoms with van der Waals surface area (Å²) in [7, 11) is -3.85. The monoisotopic (exact) mass is 296 g/mol. The molecule has 0 amide bonds. The zero-order valence-electron chi connectivity index (χ0n) is 9.14. The first-order valence-corrected chi connectivity index (χ1v) is 7.13. The van der Waals surface area contributed by atoms with E-state index < -0.39 is 32.0 Å². The van der Waals surface area contributed by atoms with E-state index in [-0.39, 0.29) is 17.0 Å². The number of carboxylic acids is 1. The quantitative estimate of drug-likeness (QED) is 0.800. The van der Waals surface area contributed by atoms with Gasteiger partial charge < -0.3 is 9.90 Å². The van der Waals surface area contributed by atoms with Gasteiger partial charge in [0.1, 0.15) is 0 Å². The standard InChI is InChI=1S/C9H9F2NO4S2/c1-5-7(8(13)14)17-9(12-5)18(15,16)4-2-3-6(10)11/h3H,2,4H2,1H3,(H,13,14)/p-1. The first-order chi connectivity index (χ1) is 8.24. The highest BCUT2D eigenvalue weighted by atomic mass is 32.2. The van der Waals surface area contributed by atoms with E-state index in [0.29, 0.717) is 17.4 Å². The van der Waals surface area contributed by atoms with Gasteiger partial charge >= 0.3 is 0 Å². The molecule has 0 aliphatic rings. The Hall–Kier alpha value is -1.35. The van der Waals surface area contributed by atoms with Crippen LogP contribution in [0, 0.1) is 6.92 Å². The number of aryl methyl sites for hydroxylation is 1. The molecular formula is C9H8F2NO4S2-. The minimum atomic E-state index is -3.85. The topological polar surface area (TPSA) is 87.2 Å². The van der Waals surface area contributed by atoms with Gasteiger partial charge in [0.05, 0.1) is 22.3 Å². The molecule has 0 atom stereocenters. The Labute approximate surface area is 106 Å². The van der Waals surface area contributed by atoms with Gasteiger partial charge in [-0.3, -0.25) is 0 Å². The Morgan fingerprint density at radius 2 is 2.11 bits per heavy atom. The molecule has 0 aliphatic carbocycles. The lowest BCUT2D eigenvalue weighted by molar-refractivity contribution is -0.254. The molecule has 0 aromatic carbocycles. The second-order valence-electron chi connectivity index (χ2n) is 3.28. The number of hydrogen-bond acceptors (Lipinski definition) is 6. The largest absolute Gasteiger partial charge is 0.544 e. The third kappa shape index (κ3) is 3.57. The summed E-state index contributed by atoms with van der Waals surface area (Å²) >= 11 is 0.464. The maximum atomic E-state index is 11.8. The highest BCUT2D eigenvalue weighted by Crippen LogP contribution is 2.23. The number of nitrogens with zero attached hydrogens (tertiary/aromatic N) is 1. The van der Waals surface area contributed by atoms with Crippen molar-refractivity contribution < 1.29 is 27.1 Å². The van der Waals surface area contributed by atoms with Gasteiger partial charge in [-0.25, -0.2) is 13.4 Å². The van der Waals surface area contributed by atoms with E-state index in [0.717, 1.165) is 0 Å². The fourth-order valence-corrected chi connectivity index (χ4v) is 3.63. The van der Waals surface area contributed by atoms with Crippen molar-refractivity contribution in [2.75, 3.05) is 5.75 Å². The highest BCUT2D eigenvalue weighted by Gasteiger charge is 2.20. The molecule has 0 radical (unpaired) electrons. The molecule has 0 N–H and O–H groups in total. The van der Waals surface area contributed by atoms with Crippen LogP contribution in [0.2, 0.25) is 0 Å². The Kier molecular flexibility index (Phi) is 4.52. The summed E-state index contributed by atoms with van der Waals surface area (Å²) in [5.74, 6) is -2.06. The maximum Gasteiger partial charge on any atom is 0.266 e. The molecule has 1 aromatic heterocycles. The fourth-order valence-electron chi connectivity index (χ4n) is 1.10. The number of hydrogen-bond donors (Lipinski definition) is 0. The van der Waals surface area contributed by atoms with Crippen molar-refractivity contribution in [1.29, 1.82) is 0 Å². The number of halogens is 2. The number of rotatable bonds is 5. The molecule has 0 saturated carbocycles. The van der Waals surface area contributed by atoms with E-state index in [9.17, 15) is 27.1 Å². The lowest BCUT2D eigenvalue weighted by Crippen LogP contribution is -2.21. The molecule has 0 spiro atoms. The number of sulfone groups is 1. The minimum absolute atomic E-state index is 0.0331. The Bertz CT molecular complexity index is 588. The van der Waals surface area contributed by atoms with Crippen molar-refractivity contribution in [2.45, 2.75) is 17.7 Å². The molecule has 0 unspecified atom stereocenters. The van der Waals surface area contributed by atoms with Crippen LogP contribution in [0.4, 0.5) is 8.78 Å². The van der Waals surface area contributed by atoms with Gasteiger partial charge in [0.15, 0.2) is 0 Å². The van der Waals surface area contributed by atoms with E-state index in [2.05, 4.69) is 4.98 Å². The second kappa shape index (κ2) is 5.53. The van der Waals surface area contributed by atoms with Crippen LogP contribution in [0.3, 0.4) is 0 Å². The lowest BCUT2D eigenvalue weighted by Gasteiger charge is -1.97. The van der Waals surface area contributed by atoms with E-state index >= 15 is 0 Å². The molecule has 0 saturated heterocycles. The van der Waals surface area contributed by atoms with Crippen molar-refractivity contribution in [3.63, 3.8) is 0 Å². The van der Waals surface area contributed by atoms with E-state index in [4.69, 9.17) is 0 Å². The summed E-state index contributed by atoms with van der Waals surface area (Å²) in [6.45, 7) is 1.34. The van der Waals surface area contributed by atoms with Crippen molar-refractivity contribution in [3.05, 3.63) is 22.7 Å². The van der Waals surface area contributed by atoms with Gasteiger partial charge in [0.2, 0.25) is 14.2 Å². The predicted molar refractivity (Wildman–Crippen MR) is 58.2 cm³/mol. The summed E-state index contributed by atoms with van der Waals surface area (Å²) in [6.07, 6.45) is -1.84. The number of carbonyl (C=O) groups is 1. The molecule has 9 heteroatoms. The van der Waals surface area contributed by atoms with E-state index in [1.807, 2.05) is 0 Å². The van der Waals surface area contributed by atoms with Crippen LogP contribution in [0.25, 0.3) is 0 Å². The third-order valence-corrected chi connectivity index (χ3v) is 5.25. The SMILES string of the molecule is Cc1nc(S(=O)(=O)CCC=C(F)F)sc1C(=O)[O-]. The lowest BCUT2D eigenvalue weighted by atomic mass is 10.4. The summed E-state index contributed by atoms with van der Waals surface area (Å²) in [5, 5.41) is 10.6. The van der Waals surface area contributed by atoms with Gasteiger partial charge in [-0.2, -0.15) is 8.78 Å². The van der Waals surface area contributed by atoms with Crippen LogP contribution in [0.1, 0.15) is 21.8 Å². The second-order valence-corrected chi connectivity index (χ2v) is 6.57. The summed E-state index contributed by atoms with van der Waals surface area (Å²) < 4.78 is 46.4. The van der Waals surface area contributed by atoms with Gasteiger partial charge in [0, 0.05) is 0 Å². The molecular weight excluding hydrogens is 288 g/mol. The van der Waals surface area contributed by atoms with Crippen molar-refractivity contribution in [3.8, 4) is 0 Å². The zero-order chi connectivity index (χ0) is 13.9. The average molecular weight is 296 g/mol. The van der Waals surface area contributed by atoms with Crippen LogP contribution in [0.5, 0.6) is 0 Å². The van der Waals surface area contributed by atoms with Gasteiger partial charge in [-0.15, -0.1) is 11.3 Å². The first-order valence-electron chi connectivity index (χ1n) is 4.66. The van der Waals surface area contributed by atoms with Gasteiger partial charge in [0.25, 0.3) is 6.08 Å². The molecule has 1 aromatic rings. The van der Waals surface area contributed by atoms with Crippen LogP contribution in [-0.4, -0.2) is 25.1 Å². The summed E-state index contributed by atoms with van der Waals surface area (Å²) in [6, 6.07) is 0. The number of aromatic carboxylic acids is 1. The fraction of sp³-hybridized carbons (Fsp3) is 0.333. The number of carbonyl (C=O) groups excluding carboxylic acids is 1. The molecule has 18 heavy (non-hydrogen) atoms. The van der Waals surface area contributed by atoms with Crippen molar-refractivity contribution in [1.82, 2.24) is 4.98 Å². The normalized spacial score (nSPS) is 11.3. The molecule has 0 aliphatic heterocycles. The number of allylic oxidation sites excluding steroid dienone is 1. The number of carboxylic acid groups (broad SMARTS) is 1. The minimum Gasteiger partial charge on any atom is -0.544 e. The van der Waals surface area contributed by atoms with Crippen molar-refractivity contribution in [2.24, 2.45) is 0 Å². The first kappa shape index (κ1) is 14.7. The van der Waals surface area contributed by atoms with Gasteiger partial charge in [-0.05, 0) is 19.4 Å². The zero-order valence-corrected chi connectivity index (χ0v) is 10.8. The van der Waals surface area contributed by atoms with Crippen molar-refractivity contribution >= 4 is 27.1 Å².